The van der Waals surface area contributed by atoms with E-state index in [-0.39, 0.29) is 34.7 Å². The highest BCUT2D eigenvalue weighted by Gasteiger charge is 2.70. The number of hydrogen-bond donors (Lipinski definition) is 4. The van der Waals surface area contributed by atoms with Gasteiger partial charge in [0, 0.05) is 5.41 Å². The predicted molar refractivity (Wildman–Crippen MR) is 135 cm³/mol. The van der Waals surface area contributed by atoms with Crippen molar-refractivity contribution in [2.45, 2.75) is 105 Å². The van der Waals surface area contributed by atoms with Gasteiger partial charge < -0.3 is 20.4 Å². The molecule has 0 radical (unpaired) electrons. The lowest BCUT2D eigenvalue weighted by atomic mass is 9.33. The van der Waals surface area contributed by atoms with Crippen LogP contribution < -0.4 is 0 Å². The van der Waals surface area contributed by atoms with Gasteiger partial charge in [-0.25, -0.2) is 0 Å². The van der Waals surface area contributed by atoms with Crippen molar-refractivity contribution < 1.29 is 25.2 Å². The smallest absolute Gasteiger partial charge is 0.310 e. The molecule has 198 valence electrons. The summed E-state index contributed by atoms with van der Waals surface area (Å²) in [5.74, 6) is 0.828. The highest BCUT2D eigenvalue weighted by Crippen LogP contribution is 2.75. The van der Waals surface area contributed by atoms with Gasteiger partial charge in [0.2, 0.25) is 0 Å². The zero-order valence-electron chi connectivity index (χ0n) is 22.7. The summed E-state index contributed by atoms with van der Waals surface area (Å²) in [6.07, 6.45) is 7.51. The maximum absolute atomic E-state index is 12.8. The first-order valence-electron chi connectivity index (χ1n) is 14.1. The minimum absolute atomic E-state index is 0.00815. The topological polar surface area (TPSA) is 98.0 Å². The SMILES string of the molecule is C[C@H]1[C@H](C)CC[C@]2(C(=O)O)CC[C@]3(C)C(=CCC4[C@@]5(C)C[C@@H](O)[C@H](O)[C@@](C)(CO)C5CC[C@]43C)[C@H]12. The van der Waals surface area contributed by atoms with E-state index in [0.717, 1.165) is 44.9 Å². The molecule has 2 unspecified atom stereocenters. The van der Waals surface area contributed by atoms with Gasteiger partial charge in [-0.3, -0.25) is 4.79 Å². The number of carbonyl (C=O) groups is 1. The molecule has 4 fully saturated rings. The molecule has 0 saturated heterocycles. The Bertz CT molecular complexity index is 930. The van der Waals surface area contributed by atoms with E-state index in [2.05, 4.69) is 40.7 Å². The molecule has 35 heavy (non-hydrogen) atoms. The number of fused-ring (bicyclic) bond motifs is 7. The number of carboxylic acid groups (broad SMARTS) is 1. The minimum Gasteiger partial charge on any atom is -0.481 e. The van der Waals surface area contributed by atoms with Crippen LogP contribution in [-0.2, 0) is 4.79 Å². The molecule has 0 bridgehead atoms. The molecule has 0 spiro atoms. The zero-order chi connectivity index (χ0) is 25.8. The Morgan fingerprint density at radius 1 is 1.00 bits per heavy atom. The standard InChI is InChI=1S/C30H48O5/c1-17-9-12-30(25(34)35)14-13-28(5)19(23(30)18(17)2)7-8-22-26(3)15-20(32)24(33)27(4,16-31)21(26)10-11-29(22,28)6/h7,17-18,20-24,31-33H,8-16H2,1-6H3,(H,34,35)/t17-,18+,20-,21?,22?,23+,24+,26+,27+,28-,29-,30+/m1/s1. The van der Waals surface area contributed by atoms with Gasteiger partial charge >= 0.3 is 5.97 Å². The van der Waals surface area contributed by atoms with Crippen LogP contribution in [0.1, 0.15) is 92.9 Å². The molecule has 5 aliphatic rings. The number of aliphatic hydroxyl groups excluding tert-OH is 3. The van der Waals surface area contributed by atoms with Crippen LogP contribution in [0.4, 0.5) is 0 Å². The normalized spacial score (nSPS) is 57.7. The highest BCUT2D eigenvalue weighted by atomic mass is 16.4. The first-order valence-corrected chi connectivity index (χ1v) is 14.1. The Morgan fingerprint density at radius 2 is 1.69 bits per heavy atom. The average Bonchev–Trinajstić information content (AvgIpc) is 2.80. The van der Waals surface area contributed by atoms with E-state index < -0.39 is 29.0 Å². The Balaban J connectivity index is 1.62. The third kappa shape index (κ3) is 2.95. The lowest BCUT2D eigenvalue weighted by molar-refractivity contribution is -0.244. The summed E-state index contributed by atoms with van der Waals surface area (Å²) in [6, 6.07) is 0. The summed E-state index contributed by atoms with van der Waals surface area (Å²) >= 11 is 0. The van der Waals surface area contributed by atoms with Gasteiger partial charge in [-0.15, -0.1) is 0 Å². The van der Waals surface area contributed by atoms with E-state index in [0.29, 0.717) is 24.2 Å². The molecule has 0 amide bonds. The second kappa shape index (κ2) is 7.80. The molecule has 5 heteroatoms. The minimum atomic E-state index is -0.907. The van der Waals surface area contributed by atoms with Gasteiger partial charge in [-0.1, -0.05) is 53.2 Å². The number of aliphatic hydroxyl groups is 3. The lowest BCUT2D eigenvalue weighted by Gasteiger charge is -2.71. The summed E-state index contributed by atoms with van der Waals surface area (Å²) in [4.78, 5) is 12.8. The number of allylic oxidation sites excluding steroid dienone is 2. The number of rotatable bonds is 2. The molecular weight excluding hydrogens is 440 g/mol. The Morgan fingerprint density at radius 3 is 2.31 bits per heavy atom. The maximum atomic E-state index is 12.8. The van der Waals surface area contributed by atoms with E-state index in [4.69, 9.17) is 0 Å². The van der Waals surface area contributed by atoms with Crippen LogP contribution in [0.15, 0.2) is 11.6 Å². The van der Waals surface area contributed by atoms with Crippen molar-refractivity contribution in [3.05, 3.63) is 11.6 Å². The van der Waals surface area contributed by atoms with E-state index in [1.165, 1.54) is 5.57 Å². The molecule has 4 saturated carbocycles. The monoisotopic (exact) mass is 488 g/mol. The maximum Gasteiger partial charge on any atom is 0.310 e. The third-order valence-electron chi connectivity index (χ3n) is 13.5. The number of hydrogen-bond acceptors (Lipinski definition) is 4. The predicted octanol–water partition coefficient (Wildman–Crippen LogP) is 5.03. The van der Waals surface area contributed by atoms with Gasteiger partial charge in [0.05, 0.1) is 24.2 Å². The first kappa shape index (κ1) is 25.7. The summed E-state index contributed by atoms with van der Waals surface area (Å²) in [5.41, 5.74) is -0.214. The summed E-state index contributed by atoms with van der Waals surface area (Å²) in [6.45, 7) is 13.6. The molecule has 5 aliphatic carbocycles. The molecule has 0 aromatic rings. The lowest BCUT2D eigenvalue weighted by Crippen LogP contribution is -2.68. The molecular formula is C30H48O5. The molecule has 0 aromatic carbocycles. The quantitative estimate of drug-likeness (QED) is 0.409. The van der Waals surface area contributed by atoms with Gasteiger partial charge in [0.1, 0.15) is 0 Å². The molecule has 0 aromatic heterocycles. The third-order valence-corrected chi connectivity index (χ3v) is 13.5. The van der Waals surface area contributed by atoms with Crippen molar-refractivity contribution in [2.24, 2.45) is 56.7 Å². The second-order valence-electron chi connectivity index (χ2n) is 14.5. The Labute approximate surface area is 211 Å². The summed E-state index contributed by atoms with van der Waals surface area (Å²) < 4.78 is 0. The molecule has 12 atom stereocenters. The van der Waals surface area contributed by atoms with Crippen LogP contribution >= 0.6 is 0 Å². The van der Waals surface area contributed by atoms with E-state index in [1.807, 2.05) is 6.92 Å². The first-order chi connectivity index (χ1) is 16.2. The van der Waals surface area contributed by atoms with E-state index in [1.54, 1.807) is 0 Å². The van der Waals surface area contributed by atoms with Gasteiger partial charge in [0.15, 0.2) is 0 Å². The Hall–Kier alpha value is -0.910. The van der Waals surface area contributed by atoms with Gasteiger partial charge in [-0.05, 0) is 97.2 Å². The van der Waals surface area contributed by atoms with Crippen LogP contribution in [0.2, 0.25) is 0 Å². The van der Waals surface area contributed by atoms with Crippen molar-refractivity contribution in [1.82, 2.24) is 0 Å². The van der Waals surface area contributed by atoms with Crippen molar-refractivity contribution in [3.63, 3.8) is 0 Å². The Kier molecular flexibility index (Phi) is 5.73. The largest absolute Gasteiger partial charge is 0.481 e. The average molecular weight is 489 g/mol. The molecule has 5 nitrogen and oxygen atoms in total. The summed E-state index contributed by atoms with van der Waals surface area (Å²) in [5, 5.41) is 42.9. The van der Waals surface area contributed by atoms with Gasteiger partial charge in [-0.2, -0.15) is 0 Å². The van der Waals surface area contributed by atoms with Crippen LogP contribution in [0, 0.1) is 56.7 Å². The van der Waals surface area contributed by atoms with Crippen LogP contribution in [-0.4, -0.2) is 45.2 Å². The fourth-order valence-electron chi connectivity index (χ4n) is 11.0. The zero-order valence-corrected chi connectivity index (χ0v) is 22.7. The van der Waals surface area contributed by atoms with E-state index in [9.17, 15) is 25.2 Å². The fourth-order valence-corrected chi connectivity index (χ4v) is 11.0. The molecule has 0 aliphatic heterocycles. The second-order valence-corrected chi connectivity index (χ2v) is 14.5. The molecule has 4 N–H and O–H groups in total. The van der Waals surface area contributed by atoms with Crippen LogP contribution in [0.5, 0.6) is 0 Å². The van der Waals surface area contributed by atoms with Crippen LogP contribution in [0.25, 0.3) is 0 Å². The van der Waals surface area contributed by atoms with Crippen molar-refractivity contribution >= 4 is 5.97 Å². The van der Waals surface area contributed by atoms with Gasteiger partial charge in [0.25, 0.3) is 0 Å². The number of aliphatic carboxylic acids is 1. The van der Waals surface area contributed by atoms with E-state index >= 15 is 0 Å². The van der Waals surface area contributed by atoms with Crippen molar-refractivity contribution in [1.29, 1.82) is 0 Å². The highest BCUT2D eigenvalue weighted by molar-refractivity contribution is 5.76. The van der Waals surface area contributed by atoms with Crippen LogP contribution in [0.3, 0.4) is 0 Å². The van der Waals surface area contributed by atoms with Crippen molar-refractivity contribution in [3.8, 4) is 0 Å². The fraction of sp³-hybridized carbons (Fsp3) is 0.900. The molecule has 0 heterocycles. The number of carboxylic acids is 1. The summed E-state index contributed by atoms with van der Waals surface area (Å²) in [7, 11) is 0. The molecule has 5 rings (SSSR count). The van der Waals surface area contributed by atoms with Crippen molar-refractivity contribution in [2.75, 3.05) is 6.61 Å².